The van der Waals surface area contributed by atoms with Crippen LogP contribution in [0.3, 0.4) is 0 Å². The molecule has 0 amide bonds. The quantitative estimate of drug-likeness (QED) is 0.516. The standard InChI is InChI=1S/C15H26O5/c1-12(19)4-5-13(2,10(17)7-12)14(3)6-9(16)11(18)15(14)8-20-15/h9-11,16-19H,4-8H2,1-3H3/t9?,10?,11?,12?,13-,14+,15?/m0/s1. The molecule has 1 aliphatic heterocycles. The van der Waals surface area contributed by atoms with E-state index in [0.717, 1.165) is 0 Å². The van der Waals surface area contributed by atoms with Crippen molar-refractivity contribution in [3.63, 3.8) is 0 Å². The van der Waals surface area contributed by atoms with E-state index in [4.69, 9.17) is 4.74 Å². The lowest BCUT2D eigenvalue weighted by Crippen LogP contribution is -2.58. The van der Waals surface area contributed by atoms with Crippen LogP contribution in [0.1, 0.15) is 46.5 Å². The molecule has 7 atom stereocenters. The smallest absolute Gasteiger partial charge is 0.126 e. The second-order valence-corrected chi connectivity index (χ2v) is 7.86. The van der Waals surface area contributed by atoms with Gasteiger partial charge in [0.25, 0.3) is 0 Å². The van der Waals surface area contributed by atoms with Crippen LogP contribution in [0.15, 0.2) is 0 Å². The summed E-state index contributed by atoms with van der Waals surface area (Å²) in [4.78, 5) is 0. The Kier molecular flexibility index (Phi) is 2.91. The van der Waals surface area contributed by atoms with E-state index in [9.17, 15) is 20.4 Å². The molecule has 116 valence electrons. The molecule has 2 aliphatic carbocycles. The van der Waals surface area contributed by atoms with Crippen molar-refractivity contribution in [1.29, 1.82) is 0 Å². The molecule has 0 radical (unpaired) electrons. The van der Waals surface area contributed by atoms with Crippen molar-refractivity contribution in [3.05, 3.63) is 0 Å². The van der Waals surface area contributed by atoms with Crippen LogP contribution in [0.5, 0.6) is 0 Å². The molecule has 2 saturated carbocycles. The summed E-state index contributed by atoms with van der Waals surface area (Å²) < 4.78 is 5.59. The first-order valence-corrected chi connectivity index (χ1v) is 7.49. The van der Waals surface area contributed by atoms with Crippen LogP contribution in [0.4, 0.5) is 0 Å². The maximum absolute atomic E-state index is 10.6. The highest BCUT2D eigenvalue weighted by molar-refractivity contribution is 5.24. The van der Waals surface area contributed by atoms with E-state index in [1.54, 1.807) is 6.92 Å². The molecule has 1 spiro atoms. The molecule has 3 fully saturated rings. The molecular formula is C15H26O5. The van der Waals surface area contributed by atoms with Crippen molar-refractivity contribution in [2.75, 3.05) is 6.61 Å². The highest BCUT2D eigenvalue weighted by Crippen LogP contribution is 2.67. The second kappa shape index (κ2) is 3.96. The summed E-state index contributed by atoms with van der Waals surface area (Å²) in [5.74, 6) is 0. The first-order chi connectivity index (χ1) is 9.08. The average molecular weight is 286 g/mol. The fraction of sp³-hybridized carbons (Fsp3) is 1.00. The molecule has 3 rings (SSSR count). The van der Waals surface area contributed by atoms with E-state index in [1.165, 1.54) is 0 Å². The summed E-state index contributed by atoms with van der Waals surface area (Å²) >= 11 is 0. The van der Waals surface area contributed by atoms with Crippen LogP contribution in [-0.4, -0.2) is 56.5 Å². The number of rotatable bonds is 1. The normalized spacial score (nSPS) is 62.9. The minimum Gasteiger partial charge on any atom is -0.392 e. The Morgan fingerprint density at radius 3 is 2.10 bits per heavy atom. The third kappa shape index (κ3) is 1.61. The SMILES string of the molecule is CC1(O)CC[C@](C)([C@@]2(C)CC(O)C(O)C23CO3)C(O)C1. The Hall–Kier alpha value is -0.200. The Morgan fingerprint density at radius 2 is 1.60 bits per heavy atom. The van der Waals surface area contributed by atoms with E-state index in [-0.39, 0.29) is 0 Å². The minimum atomic E-state index is -0.890. The van der Waals surface area contributed by atoms with Crippen LogP contribution >= 0.6 is 0 Å². The van der Waals surface area contributed by atoms with Gasteiger partial charge in [-0.25, -0.2) is 0 Å². The molecule has 5 unspecified atom stereocenters. The molecule has 20 heavy (non-hydrogen) atoms. The fourth-order valence-electron chi connectivity index (χ4n) is 4.71. The predicted octanol–water partition coefficient (Wildman–Crippen LogP) is 0.189. The van der Waals surface area contributed by atoms with Gasteiger partial charge in [-0.2, -0.15) is 0 Å². The Balaban J connectivity index is 1.96. The lowest BCUT2D eigenvalue weighted by molar-refractivity contribution is -0.161. The summed E-state index contributed by atoms with van der Waals surface area (Å²) in [6, 6.07) is 0. The van der Waals surface area contributed by atoms with Crippen LogP contribution < -0.4 is 0 Å². The van der Waals surface area contributed by atoms with Gasteiger partial charge in [-0.15, -0.1) is 0 Å². The molecule has 0 aromatic carbocycles. The summed E-state index contributed by atoms with van der Waals surface area (Å²) in [6.07, 6.45) is -0.367. The van der Waals surface area contributed by atoms with Crippen LogP contribution in [0, 0.1) is 10.8 Å². The first kappa shape index (κ1) is 14.7. The molecule has 0 aromatic rings. The van der Waals surface area contributed by atoms with Gasteiger partial charge in [0, 0.05) is 17.3 Å². The average Bonchev–Trinajstić information content (AvgIpc) is 3.11. The van der Waals surface area contributed by atoms with Gasteiger partial charge in [-0.1, -0.05) is 13.8 Å². The summed E-state index contributed by atoms with van der Waals surface area (Å²) in [7, 11) is 0. The van der Waals surface area contributed by atoms with Gasteiger partial charge in [0.15, 0.2) is 0 Å². The lowest BCUT2D eigenvalue weighted by Gasteiger charge is -2.54. The van der Waals surface area contributed by atoms with Crippen LogP contribution in [0.2, 0.25) is 0 Å². The van der Waals surface area contributed by atoms with Gasteiger partial charge in [0.1, 0.15) is 11.7 Å². The van der Waals surface area contributed by atoms with Gasteiger partial charge < -0.3 is 25.2 Å². The third-order valence-electron chi connectivity index (χ3n) is 6.66. The first-order valence-electron chi connectivity index (χ1n) is 7.49. The Bertz CT molecular complexity index is 418. The highest BCUT2D eigenvalue weighted by Gasteiger charge is 2.76. The predicted molar refractivity (Wildman–Crippen MR) is 72.0 cm³/mol. The third-order valence-corrected chi connectivity index (χ3v) is 6.66. The Labute approximate surface area is 119 Å². The van der Waals surface area contributed by atoms with Crippen LogP contribution in [-0.2, 0) is 4.74 Å². The van der Waals surface area contributed by atoms with Crippen molar-refractivity contribution in [2.45, 2.75) is 76.0 Å². The fourth-order valence-corrected chi connectivity index (χ4v) is 4.71. The van der Waals surface area contributed by atoms with E-state index in [1.807, 2.05) is 13.8 Å². The van der Waals surface area contributed by atoms with E-state index >= 15 is 0 Å². The van der Waals surface area contributed by atoms with Gasteiger partial charge >= 0.3 is 0 Å². The number of hydrogen-bond donors (Lipinski definition) is 4. The maximum Gasteiger partial charge on any atom is 0.126 e. The van der Waals surface area contributed by atoms with Crippen molar-refractivity contribution in [1.82, 2.24) is 0 Å². The number of ether oxygens (including phenoxy) is 1. The molecular weight excluding hydrogens is 260 g/mol. The number of epoxide rings is 1. The number of aliphatic hydroxyl groups is 4. The molecule has 5 heteroatoms. The van der Waals surface area contributed by atoms with Gasteiger partial charge in [0.2, 0.25) is 0 Å². The van der Waals surface area contributed by atoms with Crippen molar-refractivity contribution in [3.8, 4) is 0 Å². The molecule has 3 aliphatic rings. The highest BCUT2D eigenvalue weighted by atomic mass is 16.6. The summed E-state index contributed by atoms with van der Waals surface area (Å²) in [5.41, 5.74) is -2.55. The zero-order valence-corrected chi connectivity index (χ0v) is 12.5. The van der Waals surface area contributed by atoms with Crippen molar-refractivity contribution < 1.29 is 25.2 Å². The number of aliphatic hydroxyl groups excluding tert-OH is 3. The summed E-state index contributed by atoms with van der Waals surface area (Å²) in [6.45, 7) is 6.18. The monoisotopic (exact) mass is 286 g/mol. The van der Waals surface area contributed by atoms with E-state index < -0.39 is 40.3 Å². The zero-order chi connectivity index (χ0) is 15.0. The zero-order valence-electron chi connectivity index (χ0n) is 12.5. The Morgan fingerprint density at radius 1 is 1.00 bits per heavy atom. The van der Waals surface area contributed by atoms with Gasteiger partial charge in [0.05, 0.1) is 24.4 Å². The van der Waals surface area contributed by atoms with Crippen molar-refractivity contribution >= 4 is 0 Å². The molecule has 1 heterocycles. The molecule has 4 N–H and O–H groups in total. The molecule has 1 saturated heterocycles. The van der Waals surface area contributed by atoms with Gasteiger partial charge in [-0.05, 0) is 26.2 Å². The topological polar surface area (TPSA) is 93.5 Å². The van der Waals surface area contributed by atoms with Gasteiger partial charge in [-0.3, -0.25) is 0 Å². The van der Waals surface area contributed by atoms with Crippen LogP contribution in [0.25, 0.3) is 0 Å². The maximum atomic E-state index is 10.6. The lowest BCUT2D eigenvalue weighted by atomic mass is 9.52. The molecule has 5 nitrogen and oxygen atoms in total. The van der Waals surface area contributed by atoms with E-state index in [2.05, 4.69) is 0 Å². The summed E-state index contributed by atoms with van der Waals surface area (Å²) in [5, 5.41) is 41.1. The molecule has 0 bridgehead atoms. The number of hydrogen-bond acceptors (Lipinski definition) is 5. The van der Waals surface area contributed by atoms with E-state index in [0.29, 0.717) is 32.3 Å². The second-order valence-electron chi connectivity index (χ2n) is 7.86. The molecule has 0 aromatic heterocycles. The minimum absolute atomic E-state index is 0.321. The van der Waals surface area contributed by atoms with Crippen molar-refractivity contribution in [2.24, 2.45) is 10.8 Å². The largest absolute Gasteiger partial charge is 0.392 e.